The fourth-order valence-electron chi connectivity index (χ4n) is 3.20. The van der Waals surface area contributed by atoms with Crippen LogP contribution >= 0.6 is 11.8 Å². The molecule has 0 spiro atoms. The Labute approximate surface area is 172 Å². The molecule has 4 rings (SSSR count). The monoisotopic (exact) mass is 413 g/mol. The van der Waals surface area contributed by atoms with Gasteiger partial charge in [0.2, 0.25) is 5.91 Å². The molecule has 0 saturated heterocycles. The number of carbonyl (C=O) groups excluding carboxylic acids is 1. The SMILES string of the molecule is CC(Oc1ccc(F)cc1)c1nnc(SCC(=O)N2CCCc3ccccc32)o1. The van der Waals surface area contributed by atoms with Crippen LogP contribution in [-0.4, -0.2) is 28.4 Å². The summed E-state index contributed by atoms with van der Waals surface area (Å²) in [5.74, 6) is 0.696. The molecule has 1 atom stereocenters. The van der Waals surface area contributed by atoms with E-state index in [0.717, 1.165) is 18.5 Å². The highest BCUT2D eigenvalue weighted by Gasteiger charge is 2.23. The molecule has 29 heavy (non-hydrogen) atoms. The summed E-state index contributed by atoms with van der Waals surface area (Å²) >= 11 is 1.21. The Kier molecular flexibility index (Phi) is 5.80. The van der Waals surface area contributed by atoms with E-state index in [0.29, 0.717) is 23.4 Å². The van der Waals surface area contributed by atoms with Gasteiger partial charge in [-0.3, -0.25) is 4.79 Å². The van der Waals surface area contributed by atoms with Gasteiger partial charge in [-0.2, -0.15) is 0 Å². The average molecular weight is 413 g/mol. The molecule has 0 bridgehead atoms. The van der Waals surface area contributed by atoms with Crippen LogP contribution in [0.4, 0.5) is 10.1 Å². The second-order valence-corrected chi connectivity index (χ2v) is 7.61. The van der Waals surface area contributed by atoms with E-state index in [4.69, 9.17) is 9.15 Å². The van der Waals surface area contributed by atoms with Crippen LogP contribution in [0.15, 0.2) is 58.2 Å². The van der Waals surface area contributed by atoms with E-state index in [9.17, 15) is 9.18 Å². The molecule has 3 aromatic rings. The Hall–Kier alpha value is -2.87. The van der Waals surface area contributed by atoms with Gasteiger partial charge in [-0.05, 0) is 55.7 Å². The predicted molar refractivity (Wildman–Crippen MR) is 108 cm³/mol. The van der Waals surface area contributed by atoms with Crippen molar-refractivity contribution in [3.8, 4) is 5.75 Å². The van der Waals surface area contributed by atoms with Crippen molar-refractivity contribution in [1.29, 1.82) is 0 Å². The Morgan fingerprint density at radius 3 is 2.86 bits per heavy atom. The van der Waals surface area contributed by atoms with Gasteiger partial charge in [0.05, 0.1) is 5.75 Å². The average Bonchev–Trinajstić information content (AvgIpc) is 3.22. The summed E-state index contributed by atoms with van der Waals surface area (Å²) in [7, 11) is 0. The lowest BCUT2D eigenvalue weighted by atomic mass is 10.0. The van der Waals surface area contributed by atoms with Gasteiger partial charge in [0.15, 0.2) is 6.10 Å². The first kappa shape index (κ1) is 19.4. The molecule has 8 heteroatoms. The minimum absolute atomic E-state index is 0.0116. The molecule has 1 amide bonds. The highest BCUT2D eigenvalue weighted by atomic mass is 32.2. The van der Waals surface area contributed by atoms with Crippen LogP contribution in [0.2, 0.25) is 0 Å². The zero-order valence-corrected chi connectivity index (χ0v) is 16.7. The number of aromatic nitrogens is 2. The number of amides is 1. The number of hydrogen-bond donors (Lipinski definition) is 0. The second-order valence-electron chi connectivity index (χ2n) is 6.69. The number of carbonyl (C=O) groups is 1. The quantitative estimate of drug-likeness (QED) is 0.557. The number of para-hydroxylation sites is 1. The number of thioether (sulfide) groups is 1. The van der Waals surface area contributed by atoms with E-state index in [-0.39, 0.29) is 17.5 Å². The van der Waals surface area contributed by atoms with E-state index >= 15 is 0 Å². The maximum absolute atomic E-state index is 13.0. The molecule has 1 unspecified atom stereocenters. The minimum atomic E-state index is -0.494. The Morgan fingerprint density at radius 2 is 2.03 bits per heavy atom. The molecule has 0 fully saturated rings. The van der Waals surface area contributed by atoms with Gasteiger partial charge in [0.25, 0.3) is 11.1 Å². The first-order valence-corrected chi connectivity index (χ1v) is 10.4. The molecule has 1 aliphatic rings. The smallest absolute Gasteiger partial charge is 0.277 e. The van der Waals surface area contributed by atoms with Crippen LogP contribution < -0.4 is 9.64 Å². The van der Waals surface area contributed by atoms with Gasteiger partial charge in [-0.1, -0.05) is 30.0 Å². The minimum Gasteiger partial charge on any atom is -0.481 e. The summed E-state index contributed by atoms with van der Waals surface area (Å²) in [4.78, 5) is 14.5. The summed E-state index contributed by atoms with van der Waals surface area (Å²) in [5, 5.41) is 8.30. The van der Waals surface area contributed by atoms with Crippen molar-refractivity contribution >= 4 is 23.4 Å². The number of aryl methyl sites for hydroxylation is 1. The number of halogens is 1. The normalized spacial score (nSPS) is 14.3. The predicted octanol–water partition coefficient (Wildman–Crippen LogP) is 4.42. The van der Waals surface area contributed by atoms with E-state index < -0.39 is 6.10 Å². The van der Waals surface area contributed by atoms with E-state index in [1.54, 1.807) is 6.92 Å². The summed E-state index contributed by atoms with van der Waals surface area (Å²) in [6.45, 7) is 2.48. The summed E-state index contributed by atoms with van der Waals surface area (Å²) in [6, 6.07) is 13.7. The largest absolute Gasteiger partial charge is 0.481 e. The summed E-state index contributed by atoms with van der Waals surface area (Å²) in [5.41, 5.74) is 2.18. The van der Waals surface area contributed by atoms with Gasteiger partial charge in [-0.25, -0.2) is 4.39 Å². The number of benzene rings is 2. The van der Waals surface area contributed by atoms with Gasteiger partial charge >= 0.3 is 0 Å². The van der Waals surface area contributed by atoms with Gasteiger partial charge < -0.3 is 14.1 Å². The van der Waals surface area contributed by atoms with Crippen LogP contribution in [0.3, 0.4) is 0 Å². The number of hydrogen-bond acceptors (Lipinski definition) is 6. The standard InChI is InChI=1S/C21H20FN3O3S/c1-14(27-17-10-8-16(22)9-11-17)20-23-24-21(28-20)29-13-19(26)25-12-4-6-15-5-2-3-7-18(15)25/h2-3,5,7-11,14H,4,6,12-13H2,1H3. The van der Waals surface area contributed by atoms with Crippen molar-refractivity contribution in [2.75, 3.05) is 17.2 Å². The lowest BCUT2D eigenvalue weighted by Gasteiger charge is -2.29. The molecule has 0 saturated carbocycles. The maximum atomic E-state index is 13.0. The highest BCUT2D eigenvalue weighted by Crippen LogP contribution is 2.29. The third-order valence-corrected chi connectivity index (χ3v) is 5.43. The van der Waals surface area contributed by atoms with Crippen LogP contribution in [0.5, 0.6) is 5.75 Å². The molecule has 2 heterocycles. The molecular weight excluding hydrogens is 393 g/mol. The molecule has 1 aromatic heterocycles. The second kappa shape index (κ2) is 8.65. The van der Waals surface area contributed by atoms with Gasteiger partial charge in [-0.15, -0.1) is 10.2 Å². The number of ether oxygens (including phenoxy) is 1. The molecule has 150 valence electrons. The third kappa shape index (κ3) is 4.59. The lowest BCUT2D eigenvalue weighted by Crippen LogP contribution is -2.36. The fraction of sp³-hybridized carbons (Fsp3) is 0.286. The van der Waals surface area contributed by atoms with E-state index in [1.807, 2.05) is 23.1 Å². The first-order valence-electron chi connectivity index (χ1n) is 9.37. The number of nitrogens with zero attached hydrogens (tertiary/aromatic N) is 3. The summed E-state index contributed by atoms with van der Waals surface area (Å²) < 4.78 is 24.3. The van der Waals surface area contributed by atoms with Crippen molar-refractivity contribution in [2.24, 2.45) is 0 Å². The van der Waals surface area contributed by atoms with E-state index in [1.165, 1.54) is 41.6 Å². The Bertz CT molecular complexity index is 993. The van der Waals surface area contributed by atoms with Gasteiger partial charge in [0, 0.05) is 12.2 Å². The lowest BCUT2D eigenvalue weighted by molar-refractivity contribution is -0.116. The van der Waals surface area contributed by atoms with Crippen LogP contribution in [0.25, 0.3) is 0 Å². The van der Waals surface area contributed by atoms with Crippen molar-refractivity contribution in [1.82, 2.24) is 10.2 Å². The van der Waals surface area contributed by atoms with E-state index in [2.05, 4.69) is 16.3 Å². The maximum Gasteiger partial charge on any atom is 0.277 e. The molecular formula is C21H20FN3O3S. The number of fused-ring (bicyclic) bond motifs is 1. The van der Waals surface area contributed by atoms with Crippen molar-refractivity contribution in [2.45, 2.75) is 31.1 Å². The number of rotatable bonds is 6. The fourth-order valence-corrected chi connectivity index (χ4v) is 3.85. The zero-order chi connectivity index (χ0) is 20.2. The molecule has 1 aliphatic heterocycles. The Morgan fingerprint density at radius 1 is 1.24 bits per heavy atom. The Balaban J connectivity index is 1.35. The number of anilines is 1. The van der Waals surface area contributed by atoms with Crippen LogP contribution in [0.1, 0.15) is 30.9 Å². The molecule has 2 aromatic carbocycles. The zero-order valence-electron chi connectivity index (χ0n) is 15.9. The molecule has 0 aliphatic carbocycles. The highest BCUT2D eigenvalue weighted by molar-refractivity contribution is 7.99. The van der Waals surface area contributed by atoms with Crippen molar-refractivity contribution < 1.29 is 18.3 Å². The first-order chi connectivity index (χ1) is 14.1. The third-order valence-electron chi connectivity index (χ3n) is 4.63. The van der Waals surface area contributed by atoms with Crippen molar-refractivity contribution in [3.63, 3.8) is 0 Å². The molecule has 0 radical (unpaired) electrons. The van der Waals surface area contributed by atoms with Crippen LogP contribution in [0, 0.1) is 5.82 Å². The van der Waals surface area contributed by atoms with Crippen molar-refractivity contribution in [3.05, 3.63) is 65.8 Å². The summed E-state index contributed by atoms with van der Waals surface area (Å²) in [6.07, 6.45) is 1.45. The van der Waals surface area contributed by atoms with Crippen LogP contribution in [-0.2, 0) is 11.2 Å². The molecule has 6 nitrogen and oxygen atoms in total. The molecule has 0 N–H and O–H groups in total. The van der Waals surface area contributed by atoms with Gasteiger partial charge in [0.1, 0.15) is 11.6 Å². The topological polar surface area (TPSA) is 68.5 Å².